The first-order chi connectivity index (χ1) is 19.2. The lowest BCUT2D eigenvalue weighted by atomic mass is 9.90. The van der Waals surface area contributed by atoms with Crippen molar-refractivity contribution in [1.82, 2.24) is 24.8 Å². The highest BCUT2D eigenvalue weighted by Gasteiger charge is 2.26. The maximum Gasteiger partial charge on any atom is 0.236 e. The van der Waals surface area contributed by atoms with Crippen LogP contribution in [0, 0.1) is 11.6 Å². The van der Waals surface area contributed by atoms with E-state index in [1.165, 1.54) is 6.07 Å². The molecule has 0 radical (unpaired) electrons. The summed E-state index contributed by atoms with van der Waals surface area (Å²) in [4.78, 5) is 31.1. The van der Waals surface area contributed by atoms with Crippen molar-refractivity contribution in [2.24, 2.45) is 0 Å². The van der Waals surface area contributed by atoms with Gasteiger partial charge in [0.25, 0.3) is 0 Å². The number of hydrogen-bond donors (Lipinski definition) is 1. The standard InChI is InChI=1S/C29H35F2N7O2/c1-18(2)38-11-12-40-28-22(30)13-21(14-24(28)38)27-23(31)16-33-29(35-27)34-25-6-5-20(15-32-25)19-7-9-37(10-8-19)26(39)17-36(3)4/h5-6,13-16,18-19H,7-12,17H2,1-4H3,(H,32,33,34,35). The molecular formula is C29H35F2N7O2. The van der Waals surface area contributed by atoms with Crippen molar-refractivity contribution in [3.05, 3.63) is 53.9 Å². The highest BCUT2D eigenvalue weighted by atomic mass is 19.1. The number of likely N-dealkylation sites (tertiary alicyclic amines) is 1. The van der Waals surface area contributed by atoms with Crippen LogP contribution in [0.1, 0.15) is 38.2 Å². The predicted molar refractivity (Wildman–Crippen MR) is 150 cm³/mol. The lowest BCUT2D eigenvalue weighted by Gasteiger charge is -2.34. The fourth-order valence-corrected chi connectivity index (χ4v) is 5.27. The Morgan fingerprint density at radius 3 is 2.55 bits per heavy atom. The summed E-state index contributed by atoms with van der Waals surface area (Å²) >= 11 is 0. The number of carbonyl (C=O) groups excluding carboxylic acids is 1. The number of likely N-dealkylation sites (N-methyl/N-ethyl adjacent to an activating group) is 1. The van der Waals surface area contributed by atoms with Crippen molar-refractivity contribution >= 4 is 23.4 Å². The predicted octanol–water partition coefficient (Wildman–Crippen LogP) is 4.44. The number of hydrogen-bond acceptors (Lipinski definition) is 8. The van der Waals surface area contributed by atoms with Crippen molar-refractivity contribution in [3.63, 3.8) is 0 Å². The molecule has 1 amide bonds. The number of aromatic nitrogens is 3. The van der Waals surface area contributed by atoms with Gasteiger partial charge in [0.15, 0.2) is 17.4 Å². The molecule has 5 rings (SSSR count). The summed E-state index contributed by atoms with van der Waals surface area (Å²) in [5.41, 5.74) is 1.97. The number of nitrogens with one attached hydrogen (secondary N) is 1. The summed E-state index contributed by atoms with van der Waals surface area (Å²) in [5.74, 6) is 0.101. The summed E-state index contributed by atoms with van der Waals surface area (Å²) < 4.78 is 35.4. The summed E-state index contributed by atoms with van der Waals surface area (Å²) in [5, 5.41) is 3.03. The van der Waals surface area contributed by atoms with Crippen LogP contribution in [0.4, 0.5) is 26.2 Å². The molecule has 3 aromatic rings. The fraction of sp³-hybridized carbons (Fsp3) is 0.448. The number of pyridine rings is 1. The first kappa shape index (κ1) is 27.7. The SMILES string of the molecule is CC(C)N1CCOc2c(F)cc(-c3nc(Nc4ccc(C5CCN(C(=O)CN(C)C)CC5)cn4)ncc3F)cc21. The number of carbonyl (C=O) groups is 1. The van der Waals surface area contributed by atoms with Gasteiger partial charge in [0, 0.05) is 30.9 Å². The van der Waals surface area contributed by atoms with Crippen molar-refractivity contribution in [1.29, 1.82) is 0 Å². The molecule has 1 N–H and O–H groups in total. The molecule has 1 saturated heterocycles. The number of rotatable bonds is 7. The Kier molecular flexibility index (Phi) is 8.11. The first-order valence-corrected chi connectivity index (χ1v) is 13.6. The Morgan fingerprint density at radius 1 is 1.10 bits per heavy atom. The number of anilines is 3. The van der Waals surface area contributed by atoms with Crippen LogP contribution in [0.15, 0.2) is 36.7 Å². The number of piperidine rings is 1. The van der Waals surface area contributed by atoms with Gasteiger partial charge in [-0.3, -0.25) is 4.79 Å². The minimum absolute atomic E-state index is 0.0133. The smallest absolute Gasteiger partial charge is 0.236 e. The van der Waals surface area contributed by atoms with E-state index in [9.17, 15) is 13.6 Å². The molecule has 4 heterocycles. The van der Waals surface area contributed by atoms with E-state index in [2.05, 4.69) is 20.3 Å². The zero-order valence-corrected chi connectivity index (χ0v) is 23.3. The molecular weight excluding hydrogens is 516 g/mol. The molecule has 0 bridgehead atoms. The van der Waals surface area contributed by atoms with Crippen LogP contribution in [0.25, 0.3) is 11.3 Å². The molecule has 0 spiro atoms. The minimum Gasteiger partial charge on any atom is -0.486 e. The summed E-state index contributed by atoms with van der Waals surface area (Å²) in [7, 11) is 3.79. The van der Waals surface area contributed by atoms with Gasteiger partial charge in [-0.2, -0.15) is 0 Å². The Labute approximate surface area is 233 Å². The molecule has 1 aromatic carbocycles. The quantitative estimate of drug-likeness (QED) is 0.462. The molecule has 2 aliphatic rings. The second-order valence-electron chi connectivity index (χ2n) is 10.8. The highest BCUT2D eigenvalue weighted by Crippen LogP contribution is 2.39. The normalized spacial score (nSPS) is 15.8. The molecule has 11 heteroatoms. The molecule has 0 saturated carbocycles. The van der Waals surface area contributed by atoms with E-state index in [-0.39, 0.29) is 29.3 Å². The maximum absolute atomic E-state index is 15.0. The van der Waals surface area contributed by atoms with Crippen LogP contribution < -0.4 is 15.0 Å². The summed E-state index contributed by atoms with van der Waals surface area (Å²) in [6.45, 7) is 6.91. The van der Waals surface area contributed by atoms with Gasteiger partial charge in [0.05, 0.1) is 25.0 Å². The number of nitrogens with zero attached hydrogens (tertiary/aromatic N) is 6. The van der Waals surface area contributed by atoms with Crippen LogP contribution in [0.5, 0.6) is 5.75 Å². The van der Waals surface area contributed by atoms with Crippen molar-refractivity contribution in [2.75, 3.05) is 57.1 Å². The maximum atomic E-state index is 15.0. The van der Waals surface area contributed by atoms with Crippen molar-refractivity contribution in [2.45, 2.75) is 38.6 Å². The zero-order valence-electron chi connectivity index (χ0n) is 23.3. The van der Waals surface area contributed by atoms with E-state index >= 15 is 0 Å². The monoisotopic (exact) mass is 551 g/mol. The van der Waals surface area contributed by atoms with E-state index in [0.29, 0.717) is 42.7 Å². The van der Waals surface area contributed by atoms with Crippen molar-refractivity contribution in [3.8, 4) is 17.0 Å². The average Bonchev–Trinajstić information content (AvgIpc) is 2.94. The third-order valence-electron chi connectivity index (χ3n) is 7.35. The molecule has 0 atom stereocenters. The van der Waals surface area contributed by atoms with Crippen LogP contribution in [-0.4, -0.2) is 83.6 Å². The lowest BCUT2D eigenvalue weighted by molar-refractivity contribution is -0.132. The van der Waals surface area contributed by atoms with Crippen LogP contribution >= 0.6 is 0 Å². The number of fused-ring (bicyclic) bond motifs is 1. The van der Waals surface area contributed by atoms with Gasteiger partial charge in [-0.05, 0) is 70.5 Å². The largest absolute Gasteiger partial charge is 0.486 e. The molecule has 1 fully saturated rings. The molecule has 40 heavy (non-hydrogen) atoms. The Bertz CT molecular complexity index is 1360. The van der Waals surface area contributed by atoms with Crippen molar-refractivity contribution < 1.29 is 18.3 Å². The van der Waals surface area contributed by atoms with Crippen LogP contribution in [0.2, 0.25) is 0 Å². The third-order valence-corrected chi connectivity index (χ3v) is 7.35. The fourth-order valence-electron chi connectivity index (χ4n) is 5.27. The molecule has 2 aromatic heterocycles. The Morgan fingerprint density at radius 2 is 1.88 bits per heavy atom. The number of halogens is 2. The van der Waals surface area contributed by atoms with E-state index in [0.717, 1.165) is 37.7 Å². The molecule has 2 aliphatic heterocycles. The number of amides is 1. The van der Waals surface area contributed by atoms with Gasteiger partial charge < -0.3 is 24.8 Å². The van der Waals surface area contributed by atoms with E-state index in [1.807, 2.05) is 61.0 Å². The van der Waals surface area contributed by atoms with E-state index in [4.69, 9.17) is 4.74 Å². The van der Waals surface area contributed by atoms with Gasteiger partial charge in [0.1, 0.15) is 18.1 Å². The van der Waals surface area contributed by atoms with Gasteiger partial charge in [-0.15, -0.1) is 0 Å². The second-order valence-corrected chi connectivity index (χ2v) is 10.8. The zero-order chi connectivity index (χ0) is 28.4. The average molecular weight is 552 g/mol. The molecule has 9 nitrogen and oxygen atoms in total. The van der Waals surface area contributed by atoms with E-state index in [1.54, 1.807) is 6.07 Å². The van der Waals surface area contributed by atoms with Gasteiger partial charge in [-0.1, -0.05) is 6.07 Å². The molecule has 212 valence electrons. The first-order valence-electron chi connectivity index (χ1n) is 13.6. The summed E-state index contributed by atoms with van der Waals surface area (Å²) in [6.07, 6.45) is 4.65. The topological polar surface area (TPSA) is 86.7 Å². The lowest BCUT2D eigenvalue weighted by Crippen LogP contribution is -2.42. The third kappa shape index (κ3) is 5.99. The van der Waals surface area contributed by atoms with Gasteiger partial charge >= 0.3 is 0 Å². The Balaban J connectivity index is 1.29. The minimum atomic E-state index is -0.656. The molecule has 0 aliphatic carbocycles. The highest BCUT2D eigenvalue weighted by molar-refractivity contribution is 5.78. The van der Waals surface area contributed by atoms with E-state index < -0.39 is 11.6 Å². The Hall–Kier alpha value is -3.86. The van der Waals surface area contributed by atoms with Gasteiger partial charge in [-0.25, -0.2) is 23.7 Å². The summed E-state index contributed by atoms with van der Waals surface area (Å²) in [6, 6.07) is 6.91. The number of ether oxygens (including phenoxy) is 1. The van der Waals surface area contributed by atoms with Crippen LogP contribution in [0.3, 0.4) is 0 Å². The van der Waals surface area contributed by atoms with Gasteiger partial charge in [0.2, 0.25) is 11.9 Å². The molecule has 0 unspecified atom stereocenters. The second kappa shape index (κ2) is 11.7. The van der Waals surface area contributed by atoms with Crippen LogP contribution in [-0.2, 0) is 4.79 Å². The number of benzene rings is 1.